The number of hydrogen-bond donors (Lipinski definition) is 1. The second kappa shape index (κ2) is 14.5. The molecule has 0 fully saturated rings. The van der Waals surface area contributed by atoms with Crippen molar-refractivity contribution in [3.05, 3.63) is 0 Å². The van der Waals surface area contributed by atoms with E-state index >= 15 is 0 Å². The minimum absolute atomic E-state index is 0.359. The molecule has 0 heterocycles. The third-order valence-corrected chi connectivity index (χ3v) is 2.64. The second-order valence-electron chi connectivity index (χ2n) is 4.22. The summed E-state index contributed by atoms with van der Waals surface area (Å²) in [6.07, 6.45) is 17.2. The van der Waals surface area contributed by atoms with Crippen molar-refractivity contribution < 1.29 is 4.84 Å². The van der Waals surface area contributed by atoms with Gasteiger partial charge in [0.2, 0.25) is 0 Å². The summed E-state index contributed by atoms with van der Waals surface area (Å²) < 4.78 is 0. The predicted octanol–water partition coefficient (Wildman–Crippen LogP) is 3.67. The number of unbranched alkanes of at least 4 members (excludes halogenated alkanes) is 8. The Balaban J connectivity index is 2.86. The minimum atomic E-state index is 0.359. The highest BCUT2D eigenvalue weighted by Gasteiger charge is 1.92. The molecule has 0 bridgehead atoms. The average Bonchev–Trinajstić information content (AvgIpc) is 2.31. The monoisotopic (exact) mass is 225 g/mol. The smallest absolute Gasteiger partial charge is 0.128 e. The van der Waals surface area contributed by atoms with Gasteiger partial charge in [0, 0.05) is 6.54 Å². The van der Waals surface area contributed by atoms with E-state index in [2.05, 4.69) is 18.3 Å². The van der Waals surface area contributed by atoms with Crippen molar-refractivity contribution in [1.29, 1.82) is 0 Å². The quantitative estimate of drug-likeness (QED) is 0.311. The Morgan fingerprint density at radius 3 is 2.06 bits per heavy atom. The van der Waals surface area contributed by atoms with E-state index in [-0.39, 0.29) is 0 Å². The molecule has 0 aliphatic rings. The van der Waals surface area contributed by atoms with Crippen LogP contribution in [0, 0.1) is 12.3 Å². The van der Waals surface area contributed by atoms with Crippen molar-refractivity contribution in [3.8, 4) is 12.3 Å². The number of hydroxylamine groups is 1. The van der Waals surface area contributed by atoms with E-state index in [1.54, 1.807) is 0 Å². The molecule has 0 aromatic rings. The molecule has 0 radical (unpaired) electrons. The maximum atomic E-state index is 5.04. The first-order valence-electron chi connectivity index (χ1n) is 6.70. The zero-order valence-corrected chi connectivity index (χ0v) is 10.8. The van der Waals surface area contributed by atoms with Crippen LogP contribution in [0.5, 0.6) is 0 Å². The molecule has 0 unspecified atom stereocenters. The normalized spacial score (nSPS) is 10.2. The van der Waals surface area contributed by atoms with Crippen LogP contribution in [0.2, 0.25) is 0 Å². The molecule has 0 saturated carbocycles. The van der Waals surface area contributed by atoms with Crippen LogP contribution in [0.1, 0.15) is 64.7 Å². The van der Waals surface area contributed by atoms with E-state index in [0.29, 0.717) is 6.61 Å². The van der Waals surface area contributed by atoms with E-state index in [1.807, 2.05) is 0 Å². The fraction of sp³-hybridized carbons (Fsp3) is 0.857. The molecule has 94 valence electrons. The van der Waals surface area contributed by atoms with Gasteiger partial charge in [-0.05, 0) is 6.42 Å². The van der Waals surface area contributed by atoms with E-state index in [1.165, 1.54) is 57.8 Å². The summed E-state index contributed by atoms with van der Waals surface area (Å²) in [4.78, 5) is 4.97. The van der Waals surface area contributed by atoms with Gasteiger partial charge in [-0.3, -0.25) is 4.84 Å². The Bertz CT molecular complexity index is 163. The lowest BCUT2D eigenvalue weighted by atomic mass is 10.1. The summed E-state index contributed by atoms with van der Waals surface area (Å²) in [5.74, 6) is 2.42. The largest absolute Gasteiger partial charge is 0.289 e. The van der Waals surface area contributed by atoms with Crippen LogP contribution in [0.25, 0.3) is 0 Å². The van der Waals surface area contributed by atoms with Crippen LogP contribution < -0.4 is 5.48 Å². The maximum absolute atomic E-state index is 5.04. The highest BCUT2D eigenvalue weighted by molar-refractivity contribution is 4.82. The molecular formula is C14H27NO. The zero-order chi connectivity index (χ0) is 11.9. The maximum Gasteiger partial charge on any atom is 0.128 e. The molecule has 2 nitrogen and oxygen atoms in total. The molecular weight excluding hydrogens is 198 g/mol. The molecule has 2 heteroatoms. The molecule has 0 saturated heterocycles. The van der Waals surface area contributed by atoms with E-state index in [0.717, 1.165) is 6.54 Å². The number of rotatable bonds is 12. The first-order chi connectivity index (χ1) is 7.91. The topological polar surface area (TPSA) is 21.3 Å². The van der Waals surface area contributed by atoms with Crippen molar-refractivity contribution in [2.24, 2.45) is 0 Å². The summed E-state index contributed by atoms with van der Waals surface area (Å²) in [5, 5.41) is 0. The Labute approximate surface area is 101 Å². The van der Waals surface area contributed by atoms with E-state index < -0.39 is 0 Å². The fourth-order valence-corrected chi connectivity index (χ4v) is 1.67. The lowest BCUT2D eigenvalue weighted by Crippen LogP contribution is -2.15. The molecule has 0 rings (SSSR count). The van der Waals surface area contributed by atoms with Crippen LogP contribution in [0.3, 0.4) is 0 Å². The highest BCUT2D eigenvalue weighted by Crippen LogP contribution is 2.08. The van der Waals surface area contributed by atoms with Gasteiger partial charge >= 0.3 is 0 Å². The van der Waals surface area contributed by atoms with Gasteiger partial charge < -0.3 is 0 Å². The van der Waals surface area contributed by atoms with Gasteiger partial charge in [0.25, 0.3) is 0 Å². The van der Waals surface area contributed by atoms with Gasteiger partial charge in [-0.15, -0.1) is 6.42 Å². The standard InChI is InChI=1S/C14H27NO/c1-3-5-6-7-8-9-10-11-12-13-15-16-14-4-2/h2,15H,3,5-14H2,1H3. The van der Waals surface area contributed by atoms with Crippen molar-refractivity contribution in [1.82, 2.24) is 5.48 Å². The van der Waals surface area contributed by atoms with Crippen molar-refractivity contribution >= 4 is 0 Å². The van der Waals surface area contributed by atoms with Crippen molar-refractivity contribution in [3.63, 3.8) is 0 Å². The third-order valence-electron chi connectivity index (χ3n) is 2.64. The SMILES string of the molecule is C#CCONCCCCCCCCCCC. The Hall–Kier alpha value is -0.520. The molecule has 0 atom stereocenters. The number of terminal acetylenes is 1. The van der Waals surface area contributed by atoms with Gasteiger partial charge in [0.05, 0.1) is 0 Å². The average molecular weight is 225 g/mol. The van der Waals surface area contributed by atoms with Crippen molar-refractivity contribution in [2.75, 3.05) is 13.2 Å². The second-order valence-corrected chi connectivity index (χ2v) is 4.22. The van der Waals surface area contributed by atoms with Crippen LogP contribution in [-0.4, -0.2) is 13.2 Å². The zero-order valence-electron chi connectivity index (χ0n) is 10.8. The number of hydrogen-bond acceptors (Lipinski definition) is 2. The van der Waals surface area contributed by atoms with Gasteiger partial charge in [-0.1, -0.05) is 64.2 Å². The van der Waals surface area contributed by atoms with Gasteiger partial charge in [-0.25, -0.2) is 5.48 Å². The summed E-state index contributed by atoms with van der Waals surface area (Å²) in [6, 6.07) is 0. The summed E-state index contributed by atoms with van der Waals surface area (Å²) in [5.41, 5.74) is 2.86. The first kappa shape index (κ1) is 15.5. The lowest BCUT2D eigenvalue weighted by Gasteiger charge is -2.03. The van der Waals surface area contributed by atoms with Crippen LogP contribution in [-0.2, 0) is 4.84 Å². The van der Waals surface area contributed by atoms with Crippen LogP contribution in [0.15, 0.2) is 0 Å². The van der Waals surface area contributed by atoms with Crippen molar-refractivity contribution in [2.45, 2.75) is 64.7 Å². The third kappa shape index (κ3) is 13.5. The minimum Gasteiger partial charge on any atom is -0.289 e. The van der Waals surface area contributed by atoms with Gasteiger partial charge in [0.15, 0.2) is 0 Å². The molecule has 0 aliphatic carbocycles. The number of nitrogens with one attached hydrogen (secondary N) is 1. The molecule has 0 amide bonds. The molecule has 0 aromatic heterocycles. The molecule has 16 heavy (non-hydrogen) atoms. The van der Waals surface area contributed by atoms with Gasteiger partial charge in [-0.2, -0.15) is 0 Å². The Morgan fingerprint density at radius 1 is 0.938 bits per heavy atom. The summed E-state index contributed by atoms with van der Waals surface area (Å²) >= 11 is 0. The highest BCUT2D eigenvalue weighted by atomic mass is 16.6. The summed E-state index contributed by atoms with van der Waals surface area (Å²) in [6.45, 7) is 3.53. The Kier molecular flexibility index (Phi) is 14.0. The molecule has 0 spiro atoms. The first-order valence-corrected chi connectivity index (χ1v) is 6.70. The Morgan fingerprint density at radius 2 is 1.50 bits per heavy atom. The summed E-state index contributed by atoms with van der Waals surface area (Å²) in [7, 11) is 0. The van der Waals surface area contributed by atoms with Crippen LogP contribution >= 0.6 is 0 Å². The lowest BCUT2D eigenvalue weighted by molar-refractivity contribution is 0.0653. The predicted molar refractivity (Wildman–Crippen MR) is 70.0 cm³/mol. The molecule has 0 aromatic carbocycles. The fourth-order valence-electron chi connectivity index (χ4n) is 1.67. The van der Waals surface area contributed by atoms with Gasteiger partial charge in [0.1, 0.15) is 6.61 Å². The van der Waals surface area contributed by atoms with Crippen LogP contribution in [0.4, 0.5) is 0 Å². The van der Waals surface area contributed by atoms with E-state index in [9.17, 15) is 0 Å². The van der Waals surface area contributed by atoms with E-state index in [4.69, 9.17) is 11.3 Å². The molecule has 0 aliphatic heterocycles. The molecule has 1 N–H and O–H groups in total.